The maximum atomic E-state index is 14.2. The number of alkyl halides is 3. The summed E-state index contributed by atoms with van der Waals surface area (Å²) in [7, 11) is 0. The molecule has 192 valence electrons. The highest BCUT2D eigenvalue weighted by molar-refractivity contribution is 6.39. The molecule has 35 heavy (non-hydrogen) atoms. The van der Waals surface area contributed by atoms with Gasteiger partial charge in [0.1, 0.15) is 5.71 Å². The molecule has 2 aliphatic carbocycles. The van der Waals surface area contributed by atoms with E-state index in [2.05, 4.69) is 30.4 Å². The van der Waals surface area contributed by atoms with Crippen LogP contribution in [0.5, 0.6) is 0 Å². The number of hydrogen-bond acceptors (Lipinski definition) is 5. The summed E-state index contributed by atoms with van der Waals surface area (Å²) in [5.41, 5.74) is 4.53. The molecule has 0 aliphatic heterocycles. The first kappa shape index (κ1) is 27.5. The second-order valence-electron chi connectivity index (χ2n) is 10.1. The molecule has 2 fully saturated rings. The van der Waals surface area contributed by atoms with Gasteiger partial charge in [-0.2, -0.15) is 13.2 Å². The van der Waals surface area contributed by atoms with E-state index in [1.807, 2.05) is 0 Å². The van der Waals surface area contributed by atoms with E-state index in [-0.39, 0.29) is 44.8 Å². The monoisotopic (exact) mass is 530 g/mol. The van der Waals surface area contributed by atoms with Gasteiger partial charge in [-0.3, -0.25) is 14.8 Å². The summed E-state index contributed by atoms with van der Waals surface area (Å²) in [4.78, 5) is 22.6. The van der Waals surface area contributed by atoms with E-state index in [9.17, 15) is 18.0 Å². The number of carbonyl (C=O) groups excluding carboxylic acids is 1. The lowest BCUT2D eigenvalue weighted by Gasteiger charge is -2.33. The van der Waals surface area contributed by atoms with Crippen LogP contribution in [-0.2, 0) is 0 Å². The Hall–Kier alpha value is -2.06. The first-order valence-corrected chi connectivity index (χ1v) is 12.4. The molecule has 2 N–H and O–H groups in total. The van der Waals surface area contributed by atoms with Gasteiger partial charge in [0.05, 0.1) is 28.2 Å². The zero-order chi connectivity index (χ0) is 26.0. The summed E-state index contributed by atoms with van der Waals surface area (Å²) in [6, 6.07) is -0.449. The van der Waals surface area contributed by atoms with Gasteiger partial charge in [-0.05, 0) is 49.9 Å². The SMILES string of the molecule is C=C(C(=CN)C(=NC1CCC(C)(C)CC1)C(F)(F)F)N(CC(=O)c1c(Cl)cncc1Cl)CC1CC1. The summed E-state index contributed by atoms with van der Waals surface area (Å²) in [5.74, 6) is -0.186. The number of Topliss-reactive ketones (excluding diaryl/α,β-unsaturated/α-hetero) is 1. The Labute approximate surface area is 214 Å². The second-order valence-corrected chi connectivity index (χ2v) is 10.9. The Kier molecular flexibility index (Phi) is 8.58. The van der Waals surface area contributed by atoms with Crippen molar-refractivity contribution in [1.82, 2.24) is 9.88 Å². The highest BCUT2D eigenvalue weighted by Crippen LogP contribution is 2.38. The van der Waals surface area contributed by atoms with Crippen LogP contribution in [0.2, 0.25) is 10.0 Å². The van der Waals surface area contributed by atoms with Crippen LogP contribution in [0.3, 0.4) is 0 Å². The van der Waals surface area contributed by atoms with Crippen molar-refractivity contribution in [3.8, 4) is 0 Å². The van der Waals surface area contributed by atoms with Gasteiger partial charge >= 0.3 is 6.18 Å². The van der Waals surface area contributed by atoms with Crippen molar-refractivity contribution in [3.63, 3.8) is 0 Å². The van der Waals surface area contributed by atoms with E-state index in [1.54, 1.807) is 0 Å². The molecule has 0 saturated heterocycles. The molecule has 0 amide bonds. The van der Waals surface area contributed by atoms with E-state index in [1.165, 1.54) is 17.3 Å². The maximum Gasteiger partial charge on any atom is 0.433 e. The molecule has 3 rings (SSSR count). The summed E-state index contributed by atoms with van der Waals surface area (Å²) in [6.45, 7) is 8.25. The Balaban J connectivity index is 1.89. The van der Waals surface area contributed by atoms with Crippen molar-refractivity contribution in [2.45, 2.75) is 64.6 Å². The Morgan fingerprint density at radius 2 is 1.80 bits per heavy atom. The molecule has 0 radical (unpaired) electrons. The molecule has 1 aromatic heterocycles. The molecule has 1 aromatic rings. The van der Waals surface area contributed by atoms with E-state index < -0.39 is 23.7 Å². The van der Waals surface area contributed by atoms with Crippen molar-refractivity contribution in [2.24, 2.45) is 22.1 Å². The maximum absolute atomic E-state index is 14.2. The fourth-order valence-corrected chi connectivity index (χ4v) is 4.86. The van der Waals surface area contributed by atoms with Gasteiger partial charge < -0.3 is 10.6 Å². The number of aliphatic imine (C=N–C) groups is 1. The first-order chi connectivity index (χ1) is 16.3. The van der Waals surface area contributed by atoms with Gasteiger partial charge in [-0.15, -0.1) is 0 Å². The third kappa shape index (κ3) is 7.23. The largest absolute Gasteiger partial charge is 0.433 e. The van der Waals surface area contributed by atoms with Gasteiger partial charge in [0.2, 0.25) is 0 Å². The second kappa shape index (κ2) is 10.9. The number of nitrogens with zero attached hydrogens (tertiary/aromatic N) is 3. The van der Waals surface area contributed by atoms with Gasteiger partial charge in [0, 0.05) is 36.4 Å². The van der Waals surface area contributed by atoms with E-state index in [0.29, 0.717) is 19.4 Å². The minimum atomic E-state index is -4.73. The van der Waals surface area contributed by atoms with Crippen LogP contribution in [0.15, 0.2) is 41.4 Å². The standard InChI is InChI=1S/C25H31Cl2F3N4O/c1-15(18(10-31)23(25(28,29)30)33-17-6-8-24(2,3)9-7-17)34(13-16-4-5-16)14-21(35)22-19(26)11-32-12-20(22)27/h10-12,16-17H,1,4-9,13-14,31H2,2-3H3. The average Bonchev–Trinajstić information content (AvgIpc) is 3.57. The fraction of sp³-hybridized carbons (Fsp3) is 0.560. The van der Waals surface area contributed by atoms with Crippen molar-refractivity contribution < 1.29 is 18.0 Å². The average molecular weight is 531 g/mol. The summed E-state index contributed by atoms with van der Waals surface area (Å²) < 4.78 is 42.6. The lowest BCUT2D eigenvalue weighted by molar-refractivity contribution is -0.0587. The zero-order valence-electron chi connectivity index (χ0n) is 20.0. The van der Waals surface area contributed by atoms with Gasteiger partial charge in [-0.25, -0.2) is 0 Å². The summed E-state index contributed by atoms with van der Waals surface area (Å²) in [5, 5.41) is 0.152. The third-order valence-electron chi connectivity index (χ3n) is 6.65. The molecule has 2 saturated carbocycles. The lowest BCUT2D eigenvalue weighted by Crippen LogP contribution is -2.37. The number of allylic oxidation sites excluding steroid dienone is 1. The fourth-order valence-electron chi connectivity index (χ4n) is 4.29. The van der Waals surface area contributed by atoms with Crippen molar-refractivity contribution in [1.29, 1.82) is 0 Å². The minimum absolute atomic E-state index is 0.00117. The number of pyridine rings is 1. The molecule has 5 nitrogen and oxygen atoms in total. The highest BCUT2D eigenvalue weighted by Gasteiger charge is 2.41. The number of halogens is 5. The summed E-state index contributed by atoms with van der Waals surface area (Å²) >= 11 is 12.3. The van der Waals surface area contributed by atoms with E-state index in [0.717, 1.165) is 31.9 Å². The molecular weight excluding hydrogens is 500 g/mol. The first-order valence-electron chi connectivity index (χ1n) is 11.7. The van der Waals surface area contributed by atoms with E-state index in [4.69, 9.17) is 28.9 Å². The van der Waals surface area contributed by atoms with E-state index >= 15 is 0 Å². The van der Waals surface area contributed by atoms with Gasteiger partial charge in [0.25, 0.3) is 0 Å². The molecule has 0 spiro atoms. The van der Waals surface area contributed by atoms with Crippen LogP contribution >= 0.6 is 23.2 Å². The topological polar surface area (TPSA) is 71.6 Å². The van der Waals surface area contributed by atoms with Gasteiger partial charge in [-0.1, -0.05) is 43.6 Å². The predicted octanol–water partition coefficient (Wildman–Crippen LogP) is 6.61. The summed E-state index contributed by atoms with van der Waals surface area (Å²) in [6.07, 6.45) is 3.34. The van der Waals surface area contributed by atoms with Crippen LogP contribution in [0, 0.1) is 11.3 Å². The number of hydrogen-bond donors (Lipinski definition) is 1. The smallest absolute Gasteiger partial charge is 0.404 e. The van der Waals surface area contributed by atoms with Crippen LogP contribution in [0.4, 0.5) is 13.2 Å². The van der Waals surface area contributed by atoms with Crippen LogP contribution in [-0.4, -0.2) is 46.7 Å². The lowest BCUT2D eigenvalue weighted by atomic mass is 9.76. The van der Waals surface area contributed by atoms with Crippen molar-refractivity contribution in [3.05, 3.63) is 52.1 Å². The third-order valence-corrected chi connectivity index (χ3v) is 7.22. The molecule has 0 unspecified atom stereocenters. The Morgan fingerprint density at radius 1 is 1.23 bits per heavy atom. The van der Waals surface area contributed by atoms with Crippen LogP contribution < -0.4 is 5.73 Å². The normalized spacial score (nSPS) is 19.5. The van der Waals surface area contributed by atoms with Crippen molar-refractivity contribution in [2.75, 3.05) is 13.1 Å². The Morgan fingerprint density at radius 3 is 2.29 bits per heavy atom. The molecule has 2 aliphatic rings. The number of ketones is 1. The molecule has 0 atom stereocenters. The molecule has 0 aromatic carbocycles. The number of nitrogens with two attached hydrogens (primary N) is 1. The number of carbonyl (C=O) groups is 1. The number of aromatic nitrogens is 1. The van der Waals surface area contributed by atoms with Gasteiger partial charge in [0.15, 0.2) is 5.78 Å². The quantitative estimate of drug-likeness (QED) is 0.221. The minimum Gasteiger partial charge on any atom is -0.404 e. The Bertz CT molecular complexity index is 1000. The predicted molar refractivity (Wildman–Crippen MR) is 134 cm³/mol. The van der Waals surface area contributed by atoms with Crippen LogP contribution in [0.1, 0.15) is 62.7 Å². The number of rotatable bonds is 9. The zero-order valence-corrected chi connectivity index (χ0v) is 21.5. The highest BCUT2D eigenvalue weighted by atomic mass is 35.5. The van der Waals surface area contributed by atoms with Crippen LogP contribution in [0.25, 0.3) is 0 Å². The molecular formula is C25H31Cl2F3N4O. The molecule has 1 heterocycles. The molecule has 10 heteroatoms. The van der Waals surface area contributed by atoms with Crippen molar-refractivity contribution >= 4 is 34.7 Å². The molecule has 0 bridgehead atoms.